The summed E-state index contributed by atoms with van der Waals surface area (Å²) in [4.78, 5) is 29.4. The molecule has 7 nitrogen and oxygen atoms in total. The van der Waals surface area contributed by atoms with E-state index in [1.54, 1.807) is 11.0 Å². The number of fused-ring (bicyclic) bond motifs is 1. The molecule has 1 N–H and O–H groups in total. The van der Waals surface area contributed by atoms with Gasteiger partial charge in [0, 0.05) is 19.2 Å². The van der Waals surface area contributed by atoms with Gasteiger partial charge in [-0.3, -0.25) is 14.5 Å². The molecule has 0 atom stereocenters. The van der Waals surface area contributed by atoms with Crippen molar-refractivity contribution < 1.29 is 9.90 Å². The Balaban J connectivity index is 2.30. The predicted molar refractivity (Wildman–Crippen MR) is 79.6 cm³/mol. The summed E-state index contributed by atoms with van der Waals surface area (Å²) < 4.78 is 1.28. The Morgan fingerprint density at radius 1 is 1.62 bits per heavy atom. The highest BCUT2D eigenvalue weighted by Gasteiger charge is 2.13. The SMILES string of the molecule is C=CCN(CC(=O)O)Cc1cc(=O)n2nc(CC)sc2n1. The summed E-state index contributed by atoms with van der Waals surface area (Å²) in [6, 6.07) is 1.39. The molecule has 21 heavy (non-hydrogen) atoms. The van der Waals surface area contributed by atoms with Crippen LogP contribution in [0.15, 0.2) is 23.5 Å². The highest BCUT2D eigenvalue weighted by Crippen LogP contribution is 2.12. The molecule has 0 saturated carbocycles. The largest absolute Gasteiger partial charge is 0.480 e. The molecule has 0 aliphatic heterocycles. The maximum Gasteiger partial charge on any atom is 0.317 e. The van der Waals surface area contributed by atoms with Crippen molar-refractivity contribution in [2.75, 3.05) is 13.1 Å². The standard InChI is InChI=1S/C13H16N4O3S/c1-3-5-16(8-12(19)20)7-9-6-11(18)17-13(14-9)21-10(4-2)15-17/h3,6H,1,4-5,7-8H2,2H3,(H,19,20). The molecule has 0 spiro atoms. The molecular formula is C13H16N4O3S. The van der Waals surface area contributed by atoms with Crippen LogP contribution in [0, 0.1) is 0 Å². The first-order chi connectivity index (χ1) is 10.0. The number of aliphatic carboxylic acids is 1. The van der Waals surface area contributed by atoms with E-state index in [-0.39, 0.29) is 18.6 Å². The van der Waals surface area contributed by atoms with E-state index in [2.05, 4.69) is 16.7 Å². The Hall–Kier alpha value is -2.06. The second-order valence-electron chi connectivity index (χ2n) is 4.48. The molecule has 112 valence electrons. The van der Waals surface area contributed by atoms with Crippen molar-refractivity contribution in [1.29, 1.82) is 0 Å². The van der Waals surface area contributed by atoms with Crippen LogP contribution in [-0.2, 0) is 17.8 Å². The van der Waals surface area contributed by atoms with Crippen LogP contribution in [0.2, 0.25) is 0 Å². The first-order valence-electron chi connectivity index (χ1n) is 6.47. The molecule has 0 amide bonds. The Bertz CT molecular complexity index is 722. The zero-order valence-electron chi connectivity index (χ0n) is 11.7. The third kappa shape index (κ3) is 3.73. The highest BCUT2D eigenvalue weighted by atomic mass is 32.1. The summed E-state index contributed by atoms with van der Waals surface area (Å²) in [6.45, 7) is 6.13. The van der Waals surface area contributed by atoms with Gasteiger partial charge in [-0.15, -0.1) is 6.58 Å². The molecule has 0 bridgehead atoms. The molecule has 8 heteroatoms. The maximum atomic E-state index is 12.0. The maximum absolute atomic E-state index is 12.0. The minimum absolute atomic E-state index is 0.129. The lowest BCUT2D eigenvalue weighted by atomic mass is 10.3. The van der Waals surface area contributed by atoms with Crippen LogP contribution in [-0.4, -0.2) is 43.7 Å². The molecule has 0 aliphatic rings. The first kappa shape index (κ1) is 15.3. The van der Waals surface area contributed by atoms with Crippen molar-refractivity contribution in [3.8, 4) is 0 Å². The molecule has 0 saturated heterocycles. The molecule has 2 aromatic heterocycles. The number of hydrogen-bond acceptors (Lipinski definition) is 6. The summed E-state index contributed by atoms with van der Waals surface area (Å²) in [6.07, 6.45) is 2.36. The third-order valence-electron chi connectivity index (χ3n) is 2.77. The van der Waals surface area contributed by atoms with Crippen LogP contribution in [0.4, 0.5) is 0 Å². The van der Waals surface area contributed by atoms with Crippen LogP contribution >= 0.6 is 11.3 Å². The third-order valence-corrected chi connectivity index (χ3v) is 3.83. The van der Waals surface area contributed by atoms with Crippen molar-refractivity contribution in [2.24, 2.45) is 0 Å². The van der Waals surface area contributed by atoms with E-state index in [4.69, 9.17) is 5.11 Å². The number of carboxylic acids is 1. The smallest absolute Gasteiger partial charge is 0.317 e. The minimum Gasteiger partial charge on any atom is -0.480 e. The number of aryl methyl sites for hydroxylation is 1. The molecule has 0 fully saturated rings. The van der Waals surface area contributed by atoms with E-state index in [0.717, 1.165) is 11.4 Å². The molecule has 0 aliphatic carbocycles. The number of aromatic nitrogens is 3. The van der Waals surface area contributed by atoms with Gasteiger partial charge in [-0.05, 0) is 6.42 Å². The van der Waals surface area contributed by atoms with Crippen LogP contribution < -0.4 is 5.56 Å². The van der Waals surface area contributed by atoms with E-state index < -0.39 is 5.97 Å². The van der Waals surface area contributed by atoms with E-state index in [0.29, 0.717) is 17.2 Å². The van der Waals surface area contributed by atoms with Gasteiger partial charge in [0.15, 0.2) is 0 Å². The molecule has 0 unspecified atom stereocenters. The predicted octanol–water partition coefficient (Wildman–Crippen LogP) is 0.786. The summed E-state index contributed by atoms with van der Waals surface area (Å²) in [5, 5.41) is 13.9. The van der Waals surface area contributed by atoms with Crippen LogP contribution in [0.1, 0.15) is 17.6 Å². The lowest BCUT2D eigenvalue weighted by Gasteiger charge is -2.17. The van der Waals surface area contributed by atoms with E-state index in [9.17, 15) is 9.59 Å². The van der Waals surface area contributed by atoms with Gasteiger partial charge in [0.05, 0.1) is 12.2 Å². The highest BCUT2D eigenvalue weighted by molar-refractivity contribution is 7.16. The van der Waals surface area contributed by atoms with E-state index >= 15 is 0 Å². The normalized spacial score (nSPS) is 11.1. The van der Waals surface area contributed by atoms with E-state index in [1.807, 2.05) is 6.92 Å². The molecule has 0 radical (unpaired) electrons. The average molecular weight is 308 g/mol. The summed E-state index contributed by atoms with van der Waals surface area (Å²) in [5.74, 6) is -0.930. The molecule has 0 aromatic carbocycles. The van der Waals surface area contributed by atoms with Crippen molar-refractivity contribution in [3.05, 3.63) is 39.8 Å². The van der Waals surface area contributed by atoms with Crippen molar-refractivity contribution in [3.63, 3.8) is 0 Å². The Morgan fingerprint density at radius 3 is 3.00 bits per heavy atom. The van der Waals surface area contributed by atoms with Gasteiger partial charge in [0.2, 0.25) is 4.96 Å². The number of carbonyl (C=O) groups is 1. The van der Waals surface area contributed by atoms with Crippen molar-refractivity contribution >= 4 is 22.3 Å². The fraction of sp³-hybridized carbons (Fsp3) is 0.385. The van der Waals surface area contributed by atoms with Gasteiger partial charge in [0.25, 0.3) is 5.56 Å². The number of carboxylic acid groups (broad SMARTS) is 1. The summed E-state index contributed by atoms with van der Waals surface area (Å²) in [7, 11) is 0. The first-order valence-corrected chi connectivity index (χ1v) is 7.28. The number of hydrogen-bond donors (Lipinski definition) is 1. The van der Waals surface area contributed by atoms with Crippen molar-refractivity contribution in [1.82, 2.24) is 19.5 Å². The van der Waals surface area contributed by atoms with Gasteiger partial charge in [-0.2, -0.15) is 9.61 Å². The van der Waals surface area contributed by atoms with Crippen LogP contribution in [0.25, 0.3) is 4.96 Å². The Labute approximate surface area is 125 Å². The van der Waals surface area contributed by atoms with Crippen LogP contribution in [0.3, 0.4) is 0 Å². The fourth-order valence-electron chi connectivity index (χ4n) is 1.91. The van der Waals surface area contributed by atoms with Gasteiger partial charge >= 0.3 is 5.97 Å². The lowest BCUT2D eigenvalue weighted by molar-refractivity contribution is -0.138. The average Bonchev–Trinajstić information content (AvgIpc) is 2.82. The topological polar surface area (TPSA) is 87.8 Å². The minimum atomic E-state index is -0.930. The van der Waals surface area contributed by atoms with Crippen molar-refractivity contribution in [2.45, 2.75) is 19.9 Å². The summed E-state index contributed by atoms with van der Waals surface area (Å²) >= 11 is 1.37. The fourth-order valence-corrected chi connectivity index (χ4v) is 2.77. The van der Waals surface area contributed by atoms with E-state index in [1.165, 1.54) is 21.9 Å². The molecule has 2 aromatic rings. The van der Waals surface area contributed by atoms with Gasteiger partial charge < -0.3 is 5.11 Å². The Kier molecular flexibility index (Phi) is 4.81. The van der Waals surface area contributed by atoms with Crippen LogP contribution in [0.5, 0.6) is 0 Å². The second-order valence-corrected chi connectivity index (χ2v) is 5.52. The molecular weight excluding hydrogens is 292 g/mol. The summed E-state index contributed by atoms with van der Waals surface area (Å²) in [5.41, 5.74) is 0.286. The quantitative estimate of drug-likeness (QED) is 0.761. The van der Waals surface area contributed by atoms with Gasteiger partial charge in [-0.1, -0.05) is 24.3 Å². The van der Waals surface area contributed by atoms with Gasteiger partial charge in [-0.25, -0.2) is 4.98 Å². The second kappa shape index (κ2) is 6.59. The number of nitrogens with zero attached hydrogens (tertiary/aromatic N) is 4. The molecule has 2 heterocycles. The Morgan fingerprint density at radius 2 is 2.38 bits per heavy atom. The zero-order chi connectivity index (χ0) is 15.4. The molecule has 2 rings (SSSR count). The zero-order valence-corrected chi connectivity index (χ0v) is 12.5. The van der Waals surface area contributed by atoms with Gasteiger partial charge in [0.1, 0.15) is 5.01 Å². The lowest BCUT2D eigenvalue weighted by Crippen LogP contribution is -2.30. The monoisotopic (exact) mass is 308 g/mol. The number of rotatable bonds is 7.